The van der Waals surface area contributed by atoms with Gasteiger partial charge in [0.05, 0.1) is 22.9 Å². The van der Waals surface area contributed by atoms with Gasteiger partial charge in [-0.3, -0.25) is 19.3 Å². The summed E-state index contributed by atoms with van der Waals surface area (Å²) in [5.74, 6) is 0.245. The number of imide groups is 1. The molecule has 5 nitrogen and oxygen atoms in total. The number of rotatable bonds is 7. The summed E-state index contributed by atoms with van der Waals surface area (Å²) in [7, 11) is 0. The molecule has 1 N–H and O–H groups in total. The van der Waals surface area contributed by atoms with E-state index in [0.717, 1.165) is 5.56 Å². The van der Waals surface area contributed by atoms with Crippen LogP contribution >= 0.6 is 11.8 Å². The molecule has 26 heavy (non-hydrogen) atoms. The fourth-order valence-corrected chi connectivity index (χ4v) is 3.60. The summed E-state index contributed by atoms with van der Waals surface area (Å²) in [6.45, 7) is 2.25. The van der Waals surface area contributed by atoms with Gasteiger partial charge >= 0.3 is 0 Å². The monoisotopic (exact) mass is 368 g/mol. The zero-order chi connectivity index (χ0) is 18.5. The minimum atomic E-state index is -0.256. The Kier molecular flexibility index (Phi) is 5.73. The molecule has 1 aliphatic rings. The molecule has 1 aliphatic heterocycles. The van der Waals surface area contributed by atoms with Gasteiger partial charge in [-0.25, -0.2) is 0 Å². The van der Waals surface area contributed by atoms with Gasteiger partial charge in [-0.1, -0.05) is 42.5 Å². The summed E-state index contributed by atoms with van der Waals surface area (Å²) in [6, 6.07) is 16.5. The molecule has 0 saturated heterocycles. The number of benzene rings is 2. The Hall–Kier alpha value is -2.60. The largest absolute Gasteiger partial charge is 0.349 e. The van der Waals surface area contributed by atoms with Crippen molar-refractivity contribution in [2.24, 2.45) is 0 Å². The normalized spacial score (nSPS) is 14.3. The summed E-state index contributed by atoms with van der Waals surface area (Å²) in [4.78, 5) is 37.8. The van der Waals surface area contributed by atoms with Gasteiger partial charge in [0.1, 0.15) is 0 Å². The molecule has 0 saturated carbocycles. The van der Waals surface area contributed by atoms with Gasteiger partial charge < -0.3 is 5.32 Å². The summed E-state index contributed by atoms with van der Waals surface area (Å²) in [5.41, 5.74) is 1.96. The standard InChI is InChI=1S/C20H20N2O3S/c1-14(15-7-3-2-4-8-15)21-18(23)13-26-12-11-22-19(24)16-9-5-6-10-17(16)20(22)25/h2-10,14H,11-13H2,1H3,(H,21,23)/t14-/m0/s1. The number of hydrogen-bond donors (Lipinski definition) is 1. The van der Waals surface area contributed by atoms with Crippen molar-refractivity contribution in [3.8, 4) is 0 Å². The molecule has 0 aliphatic carbocycles. The topological polar surface area (TPSA) is 66.5 Å². The zero-order valence-corrected chi connectivity index (χ0v) is 15.3. The highest BCUT2D eigenvalue weighted by molar-refractivity contribution is 7.99. The van der Waals surface area contributed by atoms with Crippen molar-refractivity contribution in [1.82, 2.24) is 10.2 Å². The maximum absolute atomic E-state index is 12.3. The maximum atomic E-state index is 12.3. The van der Waals surface area contributed by atoms with E-state index in [1.165, 1.54) is 16.7 Å². The van der Waals surface area contributed by atoms with E-state index < -0.39 is 0 Å². The molecule has 3 rings (SSSR count). The molecule has 1 atom stereocenters. The van der Waals surface area contributed by atoms with E-state index in [2.05, 4.69) is 5.32 Å². The number of fused-ring (bicyclic) bond motifs is 1. The first-order chi connectivity index (χ1) is 12.6. The Bertz CT molecular complexity index is 788. The molecule has 0 bridgehead atoms. The van der Waals surface area contributed by atoms with Crippen LogP contribution < -0.4 is 5.32 Å². The Morgan fingerprint density at radius 2 is 1.58 bits per heavy atom. The van der Waals surface area contributed by atoms with Crippen molar-refractivity contribution >= 4 is 29.5 Å². The van der Waals surface area contributed by atoms with Gasteiger partial charge in [-0.15, -0.1) is 0 Å². The molecular formula is C20H20N2O3S. The molecule has 3 amide bonds. The minimum absolute atomic E-state index is 0.0551. The Balaban J connectivity index is 1.43. The van der Waals surface area contributed by atoms with E-state index in [4.69, 9.17) is 0 Å². The molecule has 2 aromatic carbocycles. The van der Waals surface area contributed by atoms with Gasteiger partial charge in [-0.05, 0) is 24.6 Å². The third kappa shape index (κ3) is 3.96. The second kappa shape index (κ2) is 8.19. The SMILES string of the molecule is C[C@H](NC(=O)CSCCN1C(=O)c2ccccc2C1=O)c1ccccc1. The smallest absolute Gasteiger partial charge is 0.261 e. The lowest BCUT2D eigenvalue weighted by molar-refractivity contribution is -0.119. The van der Waals surface area contributed by atoms with Gasteiger partial charge in [0.25, 0.3) is 11.8 Å². The van der Waals surface area contributed by atoms with E-state index in [9.17, 15) is 14.4 Å². The van der Waals surface area contributed by atoms with Crippen LogP contribution in [0.4, 0.5) is 0 Å². The molecule has 1 heterocycles. The average Bonchev–Trinajstić information content (AvgIpc) is 2.91. The molecule has 0 fully saturated rings. The number of carbonyl (C=O) groups excluding carboxylic acids is 3. The predicted molar refractivity (Wildman–Crippen MR) is 102 cm³/mol. The molecule has 6 heteroatoms. The lowest BCUT2D eigenvalue weighted by Crippen LogP contribution is -2.32. The fourth-order valence-electron chi connectivity index (χ4n) is 2.87. The summed E-state index contributed by atoms with van der Waals surface area (Å²) in [5, 5.41) is 2.95. The fraction of sp³-hybridized carbons (Fsp3) is 0.250. The van der Waals surface area contributed by atoms with Gasteiger partial charge in [0, 0.05) is 12.3 Å². The highest BCUT2D eigenvalue weighted by Gasteiger charge is 2.34. The second-order valence-corrected chi connectivity index (χ2v) is 7.17. The van der Waals surface area contributed by atoms with Crippen LogP contribution in [0.3, 0.4) is 0 Å². The number of amides is 3. The van der Waals surface area contributed by atoms with Crippen LogP contribution in [0.15, 0.2) is 54.6 Å². The van der Waals surface area contributed by atoms with Gasteiger partial charge in [0.15, 0.2) is 0 Å². The molecular weight excluding hydrogens is 348 g/mol. The van der Waals surface area contributed by atoms with Crippen LogP contribution in [0.1, 0.15) is 39.2 Å². The van der Waals surface area contributed by atoms with E-state index in [-0.39, 0.29) is 23.8 Å². The van der Waals surface area contributed by atoms with E-state index in [0.29, 0.717) is 29.2 Å². The van der Waals surface area contributed by atoms with Gasteiger partial charge in [-0.2, -0.15) is 11.8 Å². The third-order valence-corrected chi connectivity index (χ3v) is 5.19. The third-order valence-electron chi connectivity index (χ3n) is 4.25. The molecule has 0 spiro atoms. The first kappa shape index (κ1) is 18.2. The van der Waals surface area contributed by atoms with E-state index in [1.807, 2.05) is 37.3 Å². The van der Waals surface area contributed by atoms with Crippen LogP contribution in [0.5, 0.6) is 0 Å². The predicted octanol–water partition coefficient (Wildman–Crippen LogP) is 2.89. The van der Waals surface area contributed by atoms with Crippen molar-refractivity contribution in [3.63, 3.8) is 0 Å². The molecule has 0 radical (unpaired) electrons. The summed E-state index contributed by atoms with van der Waals surface area (Å²) >= 11 is 1.41. The summed E-state index contributed by atoms with van der Waals surface area (Å²) in [6.07, 6.45) is 0. The Morgan fingerprint density at radius 1 is 1.00 bits per heavy atom. The zero-order valence-electron chi connectivity index (χ0n) is 14.5. The molecule has 2 aromatic rings. The Morgan fingerprint density at radius 3 is 2.19 bits per heavy atom. The molecule has 134 valence electrons. The van der Waals surface area contributed by atoms with Crippen molar-refractivity contribution < 1.29 is 14.4 Å². The Labute approximate surface area is 156 Å². The summed E-state index contributed by atoms with van der Waals surface area (Å²) < 4.78 is 0. The first-order valence-electron chi connectivity index (χ1n) is 8.45. The number of hydrogen-bond acceptors (Lipinski definition) is 4. The highest BCUT2D eigenvalue weighted by atomic mass is 32.2. The van der Waals surface area contributed by atoms with Crippen LogP contribution in [-0.4, -0.2) is 40.7 Å². The quantitative estimate of drug-likeness (QED) is 0.603. The van der Waals surface area contributed by atoms with Crippen molar-refractivity contribution in [2.75, 3.05) is 18.1 Å². The van der Waals surface area contributed by atoms with Crippen LogP contribution in [0.2, 0.25) is 0 Å². The number of nitrogens with one attached hydrogen (secondary N) is 1. The number of nitrogens with zero attached hydrogens (tertiary/aromatic N) is 1. The molecule has 0 aromatic heterocycles. The van der Waals surface area contributed by atoms with Crippen molar-refractivity contribution in [3.05, 3.63) is 71.3 Å². The second-order valence-electron chi connectivity index (χ2n) is 6.06. The minimum Gasteiger partial charge on any atom is -0.349 e. The van der Waals surface area contributed by atoms with Crippen molar-refractivity contribution in [2.45, 2.75) is 13.0 Å². The van der Waals surface area contributed by atoms with E-state index >= 15 is 0 Å². The molecule has 0 unspecified atom stereocenters. The lowest BCUT2D eigenvalue weighted by Gasteiger charge is -2.15. The van der Waals surface area contributed by atoms with Crippen LogP contribution in [0.25, 0.3) is 0 Å². The highest BCUT2D eigenvalue weighted by Crippen LogP contribution is 2.22. The van der Waals surface area contributed by atoms with E-state index in [1.54, 1.807) is 24.3 Å². The number of thioether (sulfide) groups is 1. The lowest BCUT2D eigenvalue weighted by atomic mass is 10.1. The van der Waals surface area contributed by atoms with Crippen LogP contribution in [0, 0.1) is 0 Å². The first-order valence-corrected chi connectivity index (χ1v) is 9.60. The average molecular weight is 368 g/mol. The van der Waals surface area contributed by atoms with Crippen LogP contribution in [-0.2, 0) is 4.79 Å². The maximum Gasteiger partial charge on any atom is 0.261 e. The van der Waals surface area contributed by atoms with Gasteiger partial charge in [0.2, 0.25) is 5.91 Å². The number of carbonyl (C=O) groups is 3. The van der Waals surface area contributed by atoms with Crippen molar-refractivity contribution in [1.29, 1.82) is 0 Å².